The van der Waals surface area contributed by atoms with Crippen LogP contribution in [0.25, 0.3) is 0 Å². The minimum Gasteiger partial charge on any atom is -0.365 e. The van der Waals surface area contributed by atoms with E-state index in [9.17, 15) is 19.2 Å². The minimum atomic E-state index is -0.762. The molecule has 3 N–H and O–H groups in total. The number of nitrogens with one attached hydrogen (secondary N) is 1. The van der Waals surface area contributed by atoms with Gasteiger partial charge in [0.2, 0.25) is 5.91 Å². The Labute approximate surface area is 175 Å². The Morgan fingerprint density at radius 2 is 1.57 bits per heavy atom. The first-order chi connectivity index (χ1) is 14.5. The van der Waals surface area contributed by atoms with E-state index in [1.54, 1.807) is 24.3 Å². The van der Waals surface area contributed by atoms with E-state index in [0.29, 0.717) is 10.6 Å². The summed E-state index contributed by atoms with van der Waals surface area (Å²) in [6.07, 6.45) is 0.127. The molecular weight excluding hydrogens is 402 g/mol. The predicted octanol–water partition coefficient (Wildman–Crippen LogP) is 3.12. The zero-order valence-electron chi connectivity index (χ0n) is 15.5. The number of fused-ring (bicyclic) bond motifs is 2. The van der Waals surface area contributed by atoms with Crippen molar-refractivity contribution in [2.45, 2.75) is 12.3 Å². The summed E-state index contributed by atoms with van der Waals surface area (Å²) >= 11 is 0.989. The Morgan fingerprint density at radius 1 is 0.967 bits per heavy atom. The van der Waals surface area contributed by atoms with Gasteiger partial charge in [-0.1, -0.05) is 42.5 Å². The fourth-order valence-electron chi connectivity index (χ4n) is 4.07. The van der Waals surface area contributed by atoms with Crippen LogP contribution in [0.5, 0.6) is 0 Å². The molecule has 0 saturated heterocycles. The number of amides is 4. The van der Waals surface area contributed by atoms with Gasteiger partial charge in [0.15, 0.2) is 0 Å². The number of hydrogen-bond donors (Lipinski definition) is 2. The molecule has 7 nitrogen and oxygen atoms in total. The highest BCUT2D eigenvalue weighted by Crippen LogP contribution is 2.50. The van der Waals surface area contributed by atoms with Crippen LogP contribution < -0.4 is 16.0 Å². The summed E-state index contributed by atoms with van der Waals surface area (Å²) in [5.74, 6) is -2.41. The summed E-state index contributed by atoms with van der Waals surface area (Å²) in [4.78, 5) is 52.0. The molecule has 0 saturated carbocycles. The lowest BCUT2D eigenvalue weighted by atomic mass is 9.86. The van der Waals surface area contributed by atoms with Crippen LogP contribution in [-0.2, 0) is 4.79 Å². The predicted molar refractivity (Wildman–Crippen MR) is 112 cm³/mol. The number of rotatable bonds is 3. The Hall–Kier alpha value is -3.78. The molecule has 1 atom stereocenters. The van der Waals surface area contributed by atoms with Crippen molar-refractivity contribution < 1.29 is 19.2 Å². The number of thiophene rings is 1. The normalized spacial score (nSPS) is 17.5. The van der Waals surface area contributed by atoms with Crippen molar-refractivity contribution in [3.8, 4) is 0 Å². The summed E-state index contributed by atoms with van der Waals surface area (Å²) in [5.41, 5.74) is 7.74. The molecule has 0 fully saturated rings. The smallest absolute Gasteiger partial charge is 0.266 e. The van der Waals surface area contributed by atoms with Gasteiger partial charge in [0.25, 0.3) is 17.7 Å². The zero-order chi connectivity index (χ0) is 21.0. The van der Waals surface area contributed by atoms with E-state index in [2.05, 4.69) is 5.32 Å². The molecule has 2 aromatic carbocycles. The van der Waals surface area contributed by atoms with Gasteiger partial charge in [0, 0.05) is 17.9 Å². The highest BCUT2D eigenvalue weighted by molar-refractivity contribution is 7.19. The highest BCUT2D eigenvalue weighted by Gasteiger charge is 2.44. The quantitative estimate of drug-likeness (QED) is 0.638. The average Bonchev–Trinajstić information content (AvgIpc) is 3.23. The summed E-state index contributed by atoms with van der Waals surface area (Å²) in [7, 11) is 0. The van der Waals surface area contributed by atoms with Gasteiger partial charge in [0.1, 0.15) is 9.88 Å². The number of primary amides is 1. The molecule has 3 aromatic rings. The second-order valence-electron chi connectivity index (χ2n) is 7.09. The van der Waals surface area contributed by atoms with Crippen molar-refractivity contribution >= 4 is 45.7 Å². The molecular formula is C22H15N3O4S. The number of benzene rings is 2. The second kappa shape index (κ2) is 6.64. The third kappa shape index (κ3) is 2.57. The van der Waals surface area contributed by atoms with Gasteiger partial charge < -0.3 is 11.1 Å². The SMILES string of the molecule is NC(=O)c1sc2c(c1N1C(=O)c3ccccc3C1=O)C(c1ccccc1)CC(=O)N2. The Morgan fingerprint density at radius 3 is 2.17 bits per heavy atom. The van der Waals surface area contributed by atoms with E-state index >= 15 is 0 Å². The molecule has 1 unspecified atom stereocenters. The lowest BCUT2D eigenvalue weighted by Gasteiger charge is -2.26. The van der Waals surface area contributed by atoms with Gasteiger partial charge in [-0.3, -0.25) is 19.2 Å². The van der Waals surface area contributed by atoms with Gasteiger partial charge in [-0.05, 0) is 17.7 Å². The van der Waals surface area contributed by atoms with Crippen molar-refractivity contribution in [3.05, 3.63) is 81.7 Å². The van der Waals surface area contributed by atoms with Crippen LogP contribution >= 0.6 is 11.3 Å². The van der Waals surface area contributed by atoms with E-state index < -0.39 is 23.6 Å². The highest BCUT2D eigenvalue weighted by atomic mass is 32.1. The maximum atomic E-state index is 13.1. The third-order valence-electron chi connectivity index (χ3n) is 5.35. The van der Waals surface area contributed by atoms with E-state index in [-0.39, 0.29) is 34.0 Å². The van der Waals surface area contributed by atoms with E-state index in [4.69, 9.17) is 5.73 Å². The van der Waals surface area contributed by atoms with E-state index in [1.165, 1.54) is 0 Å². The Kier molecular flexibility index (Phi) is 4.04. The van der Waals surface area contributed by atoms with Crippen LogP contribution in [0.1, 0.15) is 53.9 Å². The van der Waals surface area contributed by atoms with Crippen LogP contribution in [0.15, 0.2) is 54.6 Å². The topological polar surface area (TPSA) is 110 Å². The number of imide groups is 1. The molecule has 0 spiro atoms. The van der Waals surface area contributed by atoms with Gasteiger partial charge in [-0.2, -0.15) is 0 Å². The lowest BCUT2D eigenvalue weighted by Crippen LogP contribution is -2.33. The van der Waals surface area contributed by atoms with Crippen LogP contribution in [0.3, 0.4) is 0 Å². The molecule has 1 aromatic heterocycles. The fraction of sp³-hybridized carbons (Fsp3) is 0.0909. The zero-order valence-corrected chi connectivity index (χ0v) is 16.4. The van der Waals surface area contributed by atoms with E-state index in [0.717, 1.165) is 21.8 Å². The molecule has 8 heteroatoms. The first kappa shape index (κ1) is 18.3. The van der Waals surface area contributed by atoms with Gasteiger partial charge in [-0.25, -0.2) is 4.90 Å². The van der Waals surface area contributed by atoms with Gasteiger partial charge in [0.05, 0.1) is 16.8 Å². The molecule has 3 heterocycles. The summed E-state index contributed by atoms with van der Waals surface area (Å²) in [5, 5.41) is 3.20. The van der Waals surface area contributed by atoms with Gasteiger partial charge >= 0.3 is 0 Å². The molecule has 0 aliphatic carbocycles. The van der Waals surface area contributed by atoms with Gasteiger partial charge in [-0.15, -0.1) is 11.3 Å². The number of nitrogens with two attached hydrogens (primary N) is 1. The van der Waals surface area contributed by atoms with Crippen molar-refractivity contribution in [1.82, 2.24) is 0 Å². The first-order valence-electron chi connectivity index (χ1n) is 9.26. The van der Waals surface area contributed by atoms with Crippen molar-refractivity contribution in [2.24, 2.45) is 5.73 Å². The Balaban J connectivity index is 1.76. The largest absolute Gasteiger partial charge is 0.365 e. The first-order valence-corrected chi connectivity index (χ1v) is 10.1. The number of hydrogen-bond acceptors (Lipinski definition) is 5. The fourth-order valence-corrected chi connectivity index (χ4v) is 5.18. The number of carbonyl (C=O) groups is 4. The molecule has 30 heavy (non-hydrogen) atoms. The summed E-state index contributed by atoms with van der Waals surface area (Å²) in [6.45, 7) is 0. The van der Waals surface area contributed by atoms with Crippen LogP contribution in [0.4, 0.5) is 10.7 Å². The molecule has 0 radical (unpaired) electrons. The van der Waals surface area contributed by atoms with Crippen LogP contribution in [0, 0.1) is 0 Å². The monoisotopic (exact) mass is 417 g/mol. The minimum absolute atomic E-state index is 0.0673. The number of nitrogens with zero attached hydrogens (tertiary/aromatic N) is 1. The van der Waals surface area contributed by atoms with Crippen LogP contribution in [-0.4, -0.2) is 23.6 Å². The number of anilines is 2. The van der Waals surface area contributed by atoms with Crippen molar-refractivity contribution in [1.29, 1.82) is 0 Å². The molecule has 0 bridgehead atoms. The van der Waals surface area contributed by atoms with E-state index in [1.807, 2.05) is 30.3 Å². The molecule has 2 aliphatic rings. The second-order valence-corrected chi connectivity index (χ2v) is 8.11. The molecule has 5 rings (SSSR count). The average molecular weight is 417 g/mol. The maximum Gasteiger partial charge on any atom is 0.266 e. The summed E-state index contributed by atoms with van der Waals surface area (Å²) < 4.78 is 0. The Bertz CT molecular complexity index is 1210. The van der Waals surface area contributed by atoms with Crippen LogP contribution in [0.2, 0.25) is 0 Å². The lowest BCUT2D eigenvalue weighted by molar-refractivity contribution is -0.116. The molecule has 148 valence electrons. The molecule has 4 amide bonds. The third-order valence-corrected chi connectivity index (χ3v) is 6.48. The maximum absolute atomic E-state index is 13.1. The number of carbonyl (C=O) groups excluding carboxylic acids is 4. The standard InChI is InChI=1S/C22H15N3O4S/c23-19(27)18-17(25-21(28)12-8-4-5-9-13(12)22(25)29)16-14(11-6-2-1-3-7-11)10-15(26)24-20(16)30-18/h1-9,14H,10H2,(H2,23,27)(H,24,26). The summed E-state index contributed by atoms with van der Waals surface area (Å²) in [6, 6.07) is 15.8. The molecule has 2 aliphatic heterocycles. The van der Waals surface area contributed by atoms with Crippen molar-refractivity contribution in [2.75, 3.05) is 10.2 Å². The van der Waals surface area contributed by atoms with Crippen molar-refractivity contribution in [3.63, 3.8) is 0 Å².